The molecule has 0 bridgehead atoms. The maximum absolute atomic E-state index is 10.7. The highest BCUT2D eigenvalue weighted by Gasteiger charge is 2.16. The largest absolute Gasteiger partial charge is 0.550 e. The van der Waals surface area contributed by atoms with E-state index in [4.69, 9.17) is 0 Å². The second-order valence-electron chi connectivity index (χ2n) is 5.94. The van der Waals surface area contributed by atoms with E-state index >= 15 is 0 Å². The number of hydrogen-bond donors (Lipinski definition) is 1. The van der Waals surface area contributed by atoms with Crippen LogP contribution in [0.2, 0.25) is 0 Å². The highest BCUT2D eigenvalue weighted by molar-refractivity contribution is 5.66. The Morgan fingerprint density at radius 3 is 2.47 bits per heavy atom. The minimum atomic E-state index is -1.01. The number of aliphatic hydroxyl groups excluding tert-OH is 1. The number of quaternary nitrogens is 1. The molecule has 0 spiro atoms. The molecule has 0 radical (unpaired) electrons. The first-order valence-corrected chi connectivity index (χ1v) is 7.22. The molecule has 112 valence electrons. The number of aliphatic carboxylic acids is 1. The van der Waals surface area contributed by atoms with E-state index in [0.29, 0.717) is 29.6 Å². The van der Waals surface area contributed by atoms with Crippen molar-refractivity contribution >= 4 is 5.97 Å². The summed E-state index contributed by atoms with van der Waals surface area (Å²) in [4.78, 5) is 10.7. The standard InChI is InChI=1S/C15H29NO3/c1-5-6-7-8-9-14(17)12-16(3,4)11-10-13(2)15(18)19/h12-13H,5-11H2,1-4H3,(H-,17,18,19)/b14-12-. The molecule has 0 heterocycles. The summed E-state index contributed by atoms with van der Waals surface area (Å²) in [6.45, 7) is 4.49. The van der Waals surface area contributed by atoms with Crippen molar-refractivity contribution in [1.29, 1.82) is 0 Å². The third-order valence-electron chi connectivity index (χ3n) is 3.33. The van der Waals surface area contributed by atoms with Gasteiger partial charge in [0.1, 0.15) is 12.0 Å². The van der Waals surface area contributed by atoms with Crippen molar-refractivity contribution in [2.24, 2.45) is 5.92 Å². The maximum Gasteiger partial charge on any atom is 0.145 e. The van der Waals surface area contributed by atoms with E-state index < -0.39 is 11.9 Å². The number of unbranched alkanes of at least 4 members (excludes halogenated alkanes) is 3. The second kappa shape index (κ2) is 8.97. The van der Waals surface area contributed by atoms with Crippen LogP contribution in [0.5, 0.6) is 0 Å². The number of carbonyl (C=O) groups excluding carboxylic acids is 1. The highest BCUT2D eigenvalue weighted by Crippen LogP contribution is 2.13. The van der Waals surface area contributed by atoms with Crippen LogP contribution in [-0.4, -0.2) is 36.2 Å². The minimum absolute atomic E-state index is 0.405. The molecule has 1 atom stereocenters. The van der Waals surface area contributed by atoms with Gasteiger partial charge in [-0.05, 0) is 6.42 Å². The Morgan fingerprint density at radius 1 is 1.32 bits per heavy atom. The molecular formula is C15H29NO3. The van der Waals surface area contributed by atoms with Crippen LogP contribution < -0.4 is 5.11 Å². The van der Waals surface area contributed by atoms with E-state index in [-0.39, 0.29) is 0 Å². The molecule has 0 aliphatic heterocycles. The van der Waals surface area contributed by atoms with Gasteiger partial charge in [-0.15, -0.1) is 0 Å². The van der Waals surface area contributed by atoms with Crippen molar-refractivity contribution in [2.45, 2.75) is 52.4 Å². The van der Waals surface area contributed by atoms with E-state index in [0.717, 1.165) is 12.8 Å². The molecule has 4 heteroatoms. The van der Waals surface area contributed by atoms with E-state index in [1.807, 2.05) is 20.3 Å². The molecule has 0 aliphatic carbocycles. The van der Waals surface area contributed by atoms with Gasteiger partial charge < -0.3 is 15.0 Å². The molecule has 4 nitrogen and oxygen atoms in total. The van der Waals surface area contributed by atoms with Crippen molar-refractivity contribution in [1.82, 2.24) is 0 Å². The molecule has 0 rings (SSSR count). The summed E-state index contributed by atoms with van der Waals surface area (Å²) in [5, 5.41) is 20.5. The molecule has 0 fully saturated rings. The quantitative estimate of drug-likeness (QED) is 0.376. The fraction of sp³-hybridized carbons (Fsp3) is 0.800. The lowest BCUT2D eigenvalue weighted by Gasteiger charge is -2.27. The van der Waals surface area contributed by atoms with Crippen molar-refractivity contribution < 1.29 is 19.5 Å². The zero-order chi connectivity index (χ0) is 14.9. The molecule has 19 heavy (non-hydrogen) atoms. The van der Waals surface area contributed by atoms with Crippen molar-refractivity contribution in [3.8, 4) is 0 Å². The van der Waals surface area contributed by atoms with Gasteiger partial charge in [0.25, 0.3) is 0 Å². The lowest BCUT2D eigenvalue weighted by molar-refractivity contribution is -0.840. The molecule has 0 amide bonds. The number of carbonyl (C=O) groups is 1. The Kier molecular flexibility index (Phi) is 8.48. The normalized spacial score (nSPS) is 14.4. The number of allylic oxidation sites excluding steroid dienone is 1. The second-order valence-corrected chi connectivity index (χ2v) is 5.94. The Morgan fingerprint density at radius 2 is 1.95 bits per heavy atom. The molecule has 0 aromatic rings. The molecule has 0 saturated heterocycles. The van der Waals surface area contributed by atoms with Crippen LogP contribution in [0.15, 0.2) is 12.0 Å². The van der Waals surface area contributed by atoms with E-state index in [1.54, 1.807) is 6.92 Å². The Bertz CT molecular complexity index is 298. The van der Waals surface area contributed by atoms with Gasteiger partial charge >= 0.3 is 0 Å². The summed E-state index contributed by atoms with van der Waals surface area (Å²) >= 11 is 0. The van der Waals surface area contributed by atoms with Gasteiger partial charge in [-0.25, -0.2) is 0 Å². The Labute approximate surface area is 117 Å². The molecular weight excluding hydrogens is 242 g/mol. The number of aliphatic hydroxyl groups is 1. The summed E-state index contributed by atoms with van der Waals surface area (Å²) in [5.41, 5.74) is 0. The summed E-state index contributed by atoms with van der Waals surface area (Å²) in [6, 6.07) is 0. The lowest BCUT2D eigenvalue weighted by Crippen LogP contribution is -2.38. The molecule has 1 unspecified atom stereocenters. The maximum atomic E-state index is 10.7. The zero-order valence-corrected chi connectivity index (χ0v) is 12.8. The van der Waals surface area contributed by atoms with Crippen LogP contribution in [0.4, 0.5) is 0 Å². The summed E-state index contributed by atoms with van der Waals surface area (Å²) in [7, 11) is 3.93. The number of nitrogens with zero attached hydrogens (tertiary/aromatic N) is 1. The average Bonchev–Trinajstić information content (AvgIpc) is 2.31. The molecule has 1 N–H and O–H groups in total. The predicted octanol–water partition coefficient (Wildman–Crippen LogP) is 2.21. The smallest absolute Gasteiger partial charge is 0.145 e. The molecule has 0 aliphatic rings. The SMILES string of the molecule is CCCCCC/C(O)=C/[N+](C)(C)CCC(C)C(=O)[O-]. The Hall–Kier alpha value is -1.03. The van der Waals surface area contributed by atoms with Crippen LogP contribution in [0.1, 0.15) is 52.4 Å². The van der Waals surface area contributed by atoms with Gasteiger partial charge in [-0.1, -0.05) is 33.1 Å². The Balaban J connectivity index is 4.13. The topological polar surface area (TPSA) is 60.4 Å². The van der Waals surface area contributed by atoms with Gasteiger partial charge in [0.15, 0.2) is 0 Å². The van der Waals surface area contributed by atoms with Gasteiger partial charge in [-0.3, -0.25) is 4.48 Å². The fourth-order valence-corrected chi connectivity index (χ4v) is 1.91. The number of rotatable bonds is 10. The molecule has 0 aromatic carbocycles. The number of carboxylic acid groups (broad SMARTS) is 1. The summed E-state index contributed by atoms with van der Waals surface area (Å²) in [5.74, 6) is -1.05. The average molecular weight is 271 g/mol. The number of hydrogen-bond acceptors (Lipinski definition) is 3. The van der Waals surface area contributed by atoms with Crippen molar-refractivity contribution in [3.05, 3.63) is 12.0 Å². The van der Waals surface area contributed by atoms with Gasteiger partial charge in [0, 0.05) is 24.7 Å². The first kappa shape index (κ1) is 18.0. The predicted molar refractivity (Wildman–Crippen MR) is 75.2 cm³/mol. The van der Waals surface area contributed by atoms with Crippen LogP contribution in [0.25, 0.3) is 0 Å². The third-order valence-corrected chi connectivity index (χ3v) is 3.33. The van der Waals surface area contributed by atoms with Crippen LogP contribution in [0, 0.1) is 5.92 Å². The number of carboxylic acids is 1. The zero-order valence-electron chi connectivity index (χ0n) is 12.8. The highest BCUT2D eigenvalue weighted by atomic mass is 16.4. The monoisotopic (exact) mass is 271 g/mol. The lowest BCUT2D eigenvalue weighted by atomic mass is 10.1. The van der Waals surface area contributed by atoms with E-state index in [9.17, 15) is 15.0 Å². The first-order valence-electron chi connectivity index (χ1n) is 7.22. The van der Waals surface area contributed by atoms with Crippen LogP contribution >= 0.6 is 0 Å². The van der Waals surface area contributed by atoms with Crippen LogP contribution in [0.3, 0.4) is 0 Å². The minimum Gasteiger partial charge on any atom is -0.550 e. The van der Waals surface area contributed by atoms with Crippen molar-refractivity contribution in [3.63, 3.8) is 0 Å². The van der Waals surface area contributed by atoms with Gasteiger partial charge in [0.05, 0.1) is 20.6 Å². The van der Waals surface area contributed by atoms with Crippen molar-refractivity contribution in [2.75, 3.05) is 20.6 Å². The van der Waals surface area contributed by atoms with Gasteiger partial charge in [0.2, 0.25) is 0 Å². The summed E-state index contributed by atoms with van der Waals surface area (Å²) in [6.07, 6.45) is 7.61. The fourth-order valence-electron chi connectivity index (χ4n) is 1.91. The summed E-state index contributed by atoms with van der Waals surface area (Å²) < 4.78 is 0.497. The molecule has 0 saturated carbocycles. The molecule has 0 aromatic heterocycles. The van der Waals surface area contributed by atoms with Gasteiger partial charge in [-0.2, -0.15) is 0 Å². The third kappa shape index (κ3) is 9.54. The van der Waals surface area contributed by atoms with Crippen LogP contribution in [-0.2, 0) is 4.79 Å². The van der Waals surface area contributed by atoms with E-state index in [1.165, 1.54) is 12.8 Å². The van der Waals surface area contributed by atoms with E-state index in [2.05, 4.69) is 6.92 Å². The first-order chi connectivity index (χ1) is 8.78.